The summed E-state index contributed by atoms with van der Waals surface area (Å²) in [7, 11) is 0. The molecule has 92 valence electrons. The van der Waals surface area contributed by atoms with Crippen LogP contribution in [0.5, 0.6) is 0 Å². The van der Waals surface area contributed by atoms with Gasteiger partial charge in [0, 0.05) is 11.5 Å². The van der Waals surface area contributed by atoms with E-state index in [1.807, 2.05) is 36.6 Å². The fourth-order valence-corrected chi connectivity index (χ4v) is 2.35. The van der Waals surface area contributed by atoms with E-state index in [0.29, 0.717) is 5.56 Å². The van der Waals surface area contributed by atoms with Gasteiger partial charge in [0.2, 0.25) is 5.78 Å². The van der Waals surface area contributed by atoms with Crippen molar-refractivity contribution >= 4 is 17.1 Å². The lowest BCUT2D eigenvalue weighted by Gasteiger charge is -2.10. The number of hydrogen-bond acceptors (Lipinski definition) is 3. The number of thiophene rings is 1. The van der Waals surface area contributed by atoms with Gasteiger partial charge in [-0.3, -0.25) is 4.79 Å². The second-order valence-electron chi connectivity index (χ2n) is 4.14. The minimum absolute atomic E-state index is 0.0343. The number of aliphatic hydroxyl groups is 1. The number of carbonyl (C=O) groups excluding carboxylic acids is 1. The standard InChI is InChI=1S/C15H14O2S/c1-10(11(2)16)12-5-7-13(8-6-12)15(17)14-4-3-9-18-14/h3-10,16H,2H2,1H3. The maximum Gasteiger partial charge on any atom is 0.202 e. The van der Waals surface area contributed by atoms with Crippen molar-refractivity contribution in [3.8, 4) is 0 Å². The highest BCUT2D eigenvalue weighted by Gasteiger charge is 2.12. The Hall–Kier alpha value is -1.87. The molecule has 0 aliphatic rings. The number of ketones is 1. The summed E-state index contributed by atoms with van der Waals surface area (Å²) in [5.74, 6) is 0.0512. The molecule has 2 aromatic rings. The molecule has 0 aliphatic heterocycles. The fourth-order valence-electron chi connectivity index (χ4n) is 1.67. The van der Waals surface area contributed by atoms with E-state index < -0.39 is 0 Å². The van der Waals surface area contributed by atoms with Crippen LogP contribution in [0, 0.1) is 0 Å². The highest BCUT2D eigenvalue weighted by Crippen LogP contribution is 2.22. The molecule has 0 spiro atoms. The molecule has 2 rings (SSSR count). The Kier molecular flexibility index (Phi) is 3.63. The quantitative estimate of drug-likeness (QED) is 0.660. The van der Waals surface area contributed by atoms with Crippen LogP contribution in [0.4, 0.5) is 0 Å². The highest BCUT2D eigenvalue weighted by molar-refractivity contribution is 7.12. The average Bonchev–Trinajstić information content (AvgIpc) is 2.91. The van der Waals surface area contributed by atoms with Crippen LogP contribution in [0.2, 0.25) is 0 Å². The first-order valence-corrected chi connectivity index (χ1v) is 6.53. The van der Waals surface area contributed by atoms with Gasteiger partial charge < -0.3 is 5.11 Å². The van der Waals surface area contributed by atoms with Crippen LogP contribution in [-0.4, -0.2) is 10.9 Å². The van der Waals surface area contributed by atoms with Gasteiger partial charge in [0.05, 0.1) is 10.6 Å². The number of allylic oxidation sites excluding steroid dienone is 1. The lowest BCUT2D eigenvalue weighted by Crippen LogP contribution is -2.00. The van der Waals surface area contributed by atoms with Crippen molar-refractivity contribution in [2.24, 2.45) is 0 Å². The molecule has 2 nitrogen and oxygen atoms in total. The molecule has 0 saturated heterocycles. The van der Waals surface area contributed by atoms with Crippen LogP contribution in [0.1, 0.15) is 33.6 Å². The first-order valence-electron chi connectivity index (χ1n) is 5.65. The van der Waals surface area contributed by atoms with Gasteiger partial charge in [-0.2, -0.15) is 0 Å². The lowest BCUT2D eigenvalue weighted by atomic mass is 9.97. The summed E-state index contributed by atoms with van der Waals surface area (Å²) in [5, 5.41) is 11.2. The number of carbonyl (C=O) groups is 1. The monoisotopic (exact) mass is 258 g/mol. The van der Waals surface area contributed by atoms with Gasteiger partial charge in [-0.05, 0) is 17.0 Å². The van der Waals surface area contributed by atoms with Crippen LogP contribution in [0.25, 0.3) is 0 Å². The third-order valence-corrected chi connectivity index (χ3v) is 3.79. The Balaban J connectivity index is 2.23. The smallest absolute Gasteiger partial charge is 0.202 e. The molecule has 0 bridgehead atoms. The van der Waals surface area contributed by atoms with Crippen LogP contribution >= 0.6 is 11.3 Å². The van der Waals surface area contributed by atoms with Crippen LogP contribution in [0.15, 0.2) is 54.1 Å². The van der Waals surface area contributed by atoms with E-state index in [1.54, 1.807) is 12.1 Å². The lowest BCUT2D eigenvalue weighted by molar-refractivity contribution is 0.104. The molecule has 0 aliphatic carbocycles. The van der Waals surface area contributed by atoms with Crippen molar-refractivity contribution in [3.05, 3.63) is 70.1 Å². The number of aliphatic hydroxyl groups excluding tert-OH is 1. The molecule has 0 amide bonds. The molecule has 1 aromatic heterocycles. The Labute approximate surface area is 110 Å². The predicted octanol–water partition coefficient (Wildman–Crippen LogP) is 4.15. The molecule has 0 fully saturated rings. The third kappa shape index (κ3) is 2.51. The molecular formula is C15H14O2S. The molecule has 1 N–H and O–H groups in total. The Morgan fingerprint density at radius 1 is 1.28 bits per heavy atom. The summed E-state index contributed by atoms with van der Waals surface area (Å²) >= 11 is 1.44. The van der Waals surface area contributed by atoms with Gasteiger partial charge in [-0.1, -0.05) is 43.8 Å². The van der Waals surface area contributed by atoms with E-state index in [0.717, 1.165) is 10.4 Å². The minimum atomic E-state index is -0.115. The van der Waals surface area contributed by atoms with Crippen molar-refractivity contribution < 1.29 is 9.90 Å². The van der Waals surface area contributed by atoms with E-state index >= 15 is 0 Å². The number of rotatable bonds is 4. The Morgan fingerprint density at radius 3 is 2.44 bits per heavy atom. The normalized spacial score (nSPS) is 12.1. The van der Waals surface area contributed by atoms with Crippen molar-refractivity contribution in [2.45, 2.75) is 12.8 Å². The molecule has 0 saturated carbocycles. The summed E-state index contributed by atoms with van der Waals surface area (Å²) in [4.78, 5) is 12.8. The maximum absolute atomic E-state index is 12.1. The third-order valence-electron chi connectivity index (χ3n) is 2.92. The zero-order valence-corrected chi connectivity index (χ0v) is 10.9. The first kappa shape index (κ1) is 12.6. The molecule has 1 heterocycles. The summed E-state index contributed by atoms with van der Waals surface area (Å²) in [6.45, 7) is 5.39. The zero-order valence-electron chi connectivity index (χ0n) is 10.1. The summed E-state index contributed by atoms with van der Waals surface area (Å²) in [5.41, 5.74) is 1.61. The van der Waals surface area contributed by atoms with Gasteiger partial charge >= 0.3 is 0 Å². The fraction of sp³-hybridized carbons (Fsp3) is 0.133. The van der Waals surface area contributed by atoms with E-state index in [2.05, 4.69) is 6.58 Å². The zero-order chi connectivity index (χ0) is 13.1. The molecule has 18 heavy (non-hydrogen) atoms. The second-order valence-corrected chi connectivity index (χ2v) is 5.09. The maximum atomic E-state index is 12.1. The van der Waals surface area contributed by atoms with Crippen molar-refractivity contribution in [3.63, 3.8) is 0 Å². The minimum Gasteiger partial charge on any atom is -0.512 e. The van der Waals surface area contributed by atoms with Gasteiger partial charge in [0.25, 0.3) is 0 Å². The average molecular weight is 258 g/mol. The van der Waals surface area contributed by atoms with E-state index in [1.165, 1.54) is 11.3 Å². The van der Waals surface area contributed by atoms with Crippen molar-refractivity contribution in [1.29, 1.82) is 0 Å². The molecule has 1 aromatic carbocycles. The van der Waals surface area contributed by atoms with E-state index in [9.17, 15) is 9.90 Å². The van der Waals surface area contributed by atoms with Crippen molar-refractivity contribution in [2.75, 3.05) is 0 Å². The summed E-state index contributed by atoms with van der Waals surface area (Å²) in [6, 6.07) is 11.0. The Bertz CT molecular complexity index is 553. The van der Waals surface area contributed by atoms with Gasteiger partial charge in [0.1, 0.15) is 0 Å². The summed E-state index contributed by atoms with van der Waals surface area (Å²) in [6.07, 6.45) is 0. The molecular weight excluding hydrogens is 244 g/mol. The predicted molar refractivity (Wildman–Crippen MR) is 74.4 cm³/mol. The topological polar surface area (TPSA) is 37.3 Å². The van der Waals surface area contributed by atoms with Crippen LogP contribution in [-0.2, 0) is 0 Å². The van der Waals surface area contributed by atoms with Crippen LogP contribution in [0.3, 0.4) is 0 Å². The van der Waals surface area contributed by atoms with Gasteiger partial charge in [-0.25, -0.2) is 0 Å². The van der Waals surface area contributed by atoms with E-state index in [4.69, 9.17) is 0 Å². The SMILES string of the molecule is C=C(O)C(C)c1ccc(C(=O)c2cccs2)cc1. The first-order chi connectivity index (χ1) is 8.59. The molecule has 1 atom stereocenters. The summed E-state index contributed by atoms with van der Waals surface area (Å²) < 4.78 is 0. The van der Waals surface area contributed by atoms with Crippen molar-refractivity contribution in [1.82, 2.24) is 0 Å². The number of hydrogen-bond donors (Lipinski definition) is 1. The molecule has 0 radical (unpaired) electrons. The van der Waals surface area contributed by atoms with Crippen LogP contribution < -0.4 is 0 Å². The largest absolute Gasteiger partial charge is 0.512 e. The molecule has 3 heteroatoms. The van der Waals surface area contributed by atoms with Gasteiger partial charge in [-0.15, -0.1) is 11.3 Å². The molecule has 1 unspecified atom stereocenters. The number of benzene rings is 1. The highest BCUT2D eigenvalue weighted by atomic mass is 32.1. The Morgan fingerprint density at radius 2 is 1.94 bits per heavy atom. The second kappa shape index (κ2) is 5.19. The van der Waals surface area contributed by atoms with Gasteiger partial charge in [0.15, 0.2) is 0 Å². The van der Waals surface area contributed by atoms with E-state index in [-0.39, 0.29) is 17.5 Å².